The highest BCUT2D eigenvalue weighted by atomic mass is 19.3. The average Bonchev–Trinajstić information content (AvgIpc) is 3.00. The SMILES string of the molecule is Cn1nccc1C1COCCN1C(=O)c1ccc(OC(F)F)cc1. The summed E-state index contributed by atoms with van der Waals surface area (Å²) in [4.78, 5) is 14.5. The molecular formula is C16H17F2N3O3. The lowest BCUT2D eigenvalue weighted by Gasteiger charge is -2.35. The lowest BCUT2D eigenvalue weighted by molar-refractivity contribution is -0.0498. The quantitative estimate of drug-likeness (QED) is 0.859. The number of benzene rings is 1. The molecule has 1 atom stereocenters. The maximum atomic E-state index is 12.8. The summed E-state index contributed by atoms with van der Waals surface area (Å²) in [6.07, 6.45) is 1.67. The Morgan fingerprint density at radius 2 is 2.08 bits per heavy atom. The second kappa shape index (κ2) is 6.96. The van der Waals surface area contributed by atoms with Crippen LogP contribution in [0.1, 0.15) is 22.1 Å². The molecule has 1 aliphatic rings. The van der Waals surface area contributed by atoms with Crippen LogP contribution < -0.4 is 4.74 Å². The van der Waals surface area contributed by atoms with E-state index in [0.717, 1.165) is 5.69 Å². The molecule has 1 amide bonds. The fourth-order valence-corrected chi connectivity index (χ4v) is 2.75. The minimum atomic E-state index is -2.89. The molecule has 1 aliphatic heterocycles. The highest BCUT2D eigenvalue weighted by Crippen LogP contribution is 2.26. The second-order valence-corrected chi connectivity index (χ2v) is 5.37. The van der Waals surface area contributed by atoms with E-state index >= 15 is 0 Å². The first kappa shape index (κ1) is 16.4. The van der Waals surface area contributed by atoms with Crippen LogP contribution in [-0.4, -0.2) is 47.0 Å². The molecule has 24 heavy (non-hydrogen) atoms. The molecule has 0 spiro atoms. The number of alkyl halides is 2. The van der Waals surface area contributed by atoms with Crippen LogP contribution in [0.15, 0.2) is 36.5 Å². The van der Waals surface area contributed by atoms with E-state index in [4.69, 9.17) is 4.74 Å². The van der Waals surface area contributed by atoms with Gasteiger partial charge >= 0.3 is 6.61 Å². The standard InChI is InChI=1S/C16H17F2N3O3/c1-20-13(6-7-19-20)14-10-23-9-8-21(14)15(22)11-2-4-12(5-3-11)24-16(17)18/h2-7,14,16H,8-10H2,1H3. The van der Waals surface area contributed by atoms with Gasteiger partial charge < -0.3 is 14.4 Å². The maximum Gasteiger partial charge on any atom is 0.387 e. The molecule has 0 N–H and O–H groups in total. The van der Waals surface area contributed by atoms with E-state index < -0.39 is 6.61 Å². The normalized spacial score (nSPS) is 18.0. The fourth-order valence-electron chi connectivity index (χ4n) is 2.75. The van der Waals surface area contributed by atoms with Crippen molar-refractivity contribution >= 4 is 5.91 Å². The van der Waals surface area contributed by atoms with Crippen LogP contribution in [0.4, 0.5) is 8.78 Å². The third-order valence-corrected chi connectivity index (χ3v) is 3.92. The number of ether oxygens (including phenoxy) is 2. The molecule has 0 aliphatic carbocycles. The first-order valence-corrected chi connectivity index (χ1v) is 7.48. The van der Waals surface area contributed by atoms with Gasteiger partial charge in [-0.15, -0.1) is 0 Å². The lowest BCUT2D eigenvalue weighted by Crippen LogP contribution is -2.44. The summed E-state index contributed by atoms with van der Waals surface area (Å²) < 4.78 is 35.9. The molecule has 0 bridgehead atoms. The molecule has 2 heterocycles. The van der Waals surface area contributed by atoms with Crippen LogP contribution in [0.2, 0.25) is 0 Å². The molecule has 3 rings (SSSR count). The first-order chi connectivity index (χ1) is 11.6. The fraction of sp³-hybridized carbons (Fsp3) is 0.375. The summed E-state index contributed by atoms with van der Waals surface area (Å²) >= 11 is 0. The highest BCUT2D eigenvalue weighted by Gasteiger charge is 2.31. The summed E-state index contributed by atoms with van der Waals surface area (Å²) in [6.45, 7) is -1.60. The number of hydrogen-bond acceptors (Lipinski definition) is 4. The van der Waals surface area contributed by atoms with Gasteiger partial charge in [-0.05, 0) is 30.3 Å². The summed E-state index contributed by atoms with van der Waals surface area (Å²) in [5.74, 6) is -0.167. The van der Waals surface area contributed by atoms with Crippen molar-refractivity contribution in [1.29, 1.82) is 0 Å². The summed E-state index contributed by atoms with van der Waals surface area (Å²) in [7, 11) is 1.81. The van der Waals surface area contributed by atoms with Crippen LogP contribution in [-0.2, 0) is 11.8 Å². The highest BCUT2D eigenvalue weighted by molar-refractivity contribution is 5.94. The maximum absolute atomic E-state index is 12.8. The molecule has 8 heteroatoms. The molecule has 128 valence electrons. The molecular weight excluding hydrogens is 320 g/mol. The monoisotopic (exact) mass is 337 g/mol. The van der Waals surface area contributed by atoms with Gasteiger partial charge in [0.2, 0.25) is 0 Å². The van der Waals surface area contributed by atoms with Gasteiger partial charge in [-0.2, -0.15) is 13.9 Å². The Hall–Kier alpha value is -2.48. The summed E-state index contributed by atoms with van der Waals surface area (Å²) in [5.41, 5.74) is 1.28. The van der Waals surface area contributed by atoms with E-state index in [-0.39, 0.29) is 17.7 Å². The van der Waals surface area contributed by atoms with Crippen molar-refractivity contribution in [2.45, 2.75) is 12.7 Å². The number of amides is 1. The zero-order chi connectivity index (χ0) is 17.1. The molecule has 1 aromatic carbocycles. The zero-order valence-corrected chi connectivity index (χ0v) is 13.1. The van der Waals surface area contributed by atoms with Gasteiger partial charge in [0.1, 0.15) is 5.75 Å². The number of aromatic nitrogens is 2. The predicted molar refractivity (Wildman–Crippen MR) is 80.9 cm³/mol. The van der Waals surface area contributed by atoms with E-state index in [9.17, 15) is 13.6 Å². The Morgan fingerprint density at radius 1 is 1.33 bits per heavy atom. The molecule has 1 fully saturated rings. The number of rotatable bonds is 4. The van der Waals surface area contributed by atoms with E-state index in [1.165, 1.54) is 24.3 Å². The van der Waals surface area contributed by atoms with E-state index in [2.05, 4.69) is 9.84 Å². The number of carbonyl (C=O) groups excluding carboxylic acids is 1. The third-order valence-electron chi connectivity index (χ3n) is 3.92. The van der Waals surface area contributed by atoms with Gasteiger partial charge in [0.05, 0.1) is 24.9 Å². The van der Waals surface area contributed by atoms with Crippen LogP contribution in [0.5, 0.6) is 5.75 Å². The van der Waals surface area contributed by atoms with Crippen LogP contribution >= 0.6 is 0 Å². The van der Waals surface area contributed by atoms with E-state index in [0.29, 0.717) is 25.3 Å². The topological polar surface area (TPSA) is 56.6 Å². The van der Waals surface area contributed by atoms with E-state index in [1.807, 2.05) is 13.1 Å². The minimum Gasteiger partial charge on any atom is -0.435 e. The van der Waals surface area contributed by atoms with Gasteiger partial charge in [0.15, 0.2) is 0 Å². The Labute approximate surface area is 137 Å². The Morgan fingerprint density at radius 3 is 2.71 bits per heavy atom. The average molecular weight is 337 g/mol. The van der Waals surface area contributed by atoms with Crippen molar-refractivity contribution in [3.8, 4) is 5.75 Å². The summed E-state index contributed by atoms with van der Waals surface area (Å²) in [6, 6.07) is 7.29. The molecule has 1 unspecified atom stereocenters. The zero-order valence-electron chi connectivity index (χ0n) is 13.1. The van der Waals surface area contributed by atoms with Gasteiger partial charge in [-0.3, -0.25) is 9.48 Å². The Kier molecular flexibility index (Phi) is 4.75. The molecule has 0 radical (unpaired) electrons. The van der Waals surface area contributed by atoms with Crippen molar-refractivity contribution in [3.63, 3.8) is 0 Å². The van der Waals surface area contributed by atoms with Gasteiger partial charge in [0, 0.05) is 25.4 Å². The molecule has 6 nitrogen and oxygen atoms in total. The predicted octanol–water partition coefficient (Wildman–Crippen LogP) is 2.24. The van der Waals surface area contributed by atoms with Crippen molar-refractivity contribution in [3.05, 3.63) is 47.8 Å². The first-order valence-electron chi connectivity index (χ1n) is 7.48. The van der Waals surface area contributed by atoms with Gasteiger partial charge in [-0.25, -0.2) is 0 Å². The largest absolute Gasteiger partial charge is 0.435 e. The smallest absolute Gasteiger partial charge is 0.387 e. The van der Waals surface area contributed by atoms with Crippen molar-refractivity contribution in [2.24, 2.45) is 7.05 Å². The van der Waals surface area contributed by atoms with E-state index in [1.54, 1.807) is 15.8 Å². The number of aryl methyl sites for hydroxylation is 1. The molecule has 0 saturated carbocycles. The second-order valence-electron chi connectivity index (χ2n) is 5.37. The molecule has 2 aromatic rings. The number of carbonyl (C=O) groups is 1. The molecule has 1 saturated heterocycles. The van der Waals surface area contributed by atoms with Gasteiger partial charge in [-0.1, -0.05) is 0 Å². The number of halogens is 2. The van der Waals surface area contributed by atoms with Crippen LogP contribution in [0.25, 0.3) is 0 Å². The van der Waals surface area contributed by atoms with Crippen molar-refractivity contribution in [1.82, 2.24) is 14.7 Å². The number of hydrogen-bond donors (Lipinski definition) is 0. The number of nitrogens with zero attached hydrogens (tertiary/aromatic N) is 3. The Balaban J connectivity index is 1.80. The Bertz CT molecular complexity index is 703. The molecule has 1 aromatic heterocycles. The van der Waals surface area contributed by atoms with Crippen molar-refractivity contribution in [2.75, 3.05) is 19.8 Å². The van der Waals surface area contributed by atoms with Gasteiger partial charge in [0.25, 0.3) is 5.91 Å². The van der Waals surface area contributed by atoms with Crippen molar-refractivity contribution < 1.29 is 23.0 Å². The lowest BCUT2D eigenvalue weighted by atomic mass is 10.1. The number of morpholine rings is 1. The van der Waals surface area contributed by atoms with Crippen LogP contribution in [0.3, 0.4) is 0 Å². The minimum absolute atomic E-state index is 0.0201. The van der Waals surface area contributed by atoms with Crippen LogP contribution in [0, 0.1) is 0 Å². The third kappa shape index (κ3) is 3.38. The summed E-state index contributed by atoms with van der Waals surface area (Å²) in [5, 5.41) is 4.13.